The highest BCUT2D eigenvalue weighted by molar-refractivity contribution is 4.82. The average Bonchev–Trinajstić information content (AvgIpc) is 2.31. The summed E-state index contributed by atoms with van der Waals surface area (Å²) in [4.78, 5) is 0. The lowest BCUT2D eigenvalue weighted by atomic mass is 9.84. The van der Waals surface area contributed by atoms with Crippen LogP contribution in [0.2, 0.25) is 0 Å². The van der Waals surface area contributed by atoms with Gasteiger partial charge in [0.2, 0.25) is 0 Å². The maximum Gasteiger partial charge on any atom is 0.0195 e. The van der Waals surface area contributed by atoms with Crippen LogP contribution in [-0.4, -0.2) is 25.2 Å². The Balaban J connectivity index is 1.72. The normalized spacial score (nSPS) is 31.4. The first kappa shape index (κ1) is 11.4. The molecule has 88 valence electrons. The van der Waals surface area contributed by atoms with E-state index in [1.165, 1.54) is 58.0 Å². The van der Waals surface area contributed by atoms with Gasteiger partial charge in [0, 0.05) is 18.6 Å². The molecular formula is C13H26N2. The summed E-state index contributed by atoms with van der Waals surface area (Å²) >= 11 is 0. The molecule has 1 saturated heterocycles. The molecule has 2 heteroatoms. The summed E-state index contributed by atoms with van der Waals surface area (Å²) in [5.41, 5.74) is 0. The molecule has 2 rings (SSSR count). The lowest BCUT2D eigenvalue weighted by Crippen LogP contribution is -2.48. The molecule has 1 saturated carbocycles. The van der Waals surface area contributed by atoms with Crippen molar-refractivity contribution in [1.29, 1.82) is 0 Å². The first-order valence-corrected chi connectivity index (χ1v) is 6.83. The molecule has 0 aromatic rings. The molecule has 0 amide bonds. The average molecular weight is 210 g/mol. The highest BCUT2D eigenvalue weighted by atomic mass is 15.0. The van der Waals surface area contributed by atoms with Gasteiger partial charge in [-0.05, 0) is 45.1 Å². The molecule has 0 aromatic heterocycles. The first-order valence-electron chi connectivity index (χ1n) is 6.83. The van der Waals surface area contributed by atoms with Gasteiger partial charge >= 0.3 is 0 Å². The fraction of sp³-hybridized carbons (Fsp3) is 1.00. The number of hydrogen-bond acceptors (Lipinski definition) is 2. The van der Waals surface area contributed by atoms with E-state index in [-0.39, 0.29) is 0 Å². The van der Waals surface area contributed by atoms with Crippen LogP contribution in [0.4, 0.5) is 0 Å². The Morgan fingerprint density at radius 3 is 2.53 bits per heavy atom. The smallest absolute Gasteiger partial charge is 0.0195 e. The Kier molecular flexibility index (Phi) is 4.45. The van der Waals surface area contributed by atoms with Crippen LogP contribution in [-0.2, 0) is 0 Å². The van der Waals surface area contributed by atoms with Crippen LogP contribution in [0.1, 0.15) is 51.9 Å². The molecule has 0 radical (unpaired) electrons. The lowest BCUT2D eigenvalue weighted by Gasteiger charge is -2.33. The van der Waals surface area contributed by atoms with Crippen LogP contribution in [0, 0.1) is 5.92 Å². The number of rotatable bonds is 3. The molecule has 1 aliphatic heterocycles. The van der Waals surface area contributed by atoms with Crippen LogP contribution in [0.15, 0.2) is 0 Å². The SMILES string of the molecule is C[C@@H](NC1CCCNC1)C1CCCCC1. The monoisotopic (exact) mass is 210 g/mol. The number of hydrogen-bond donors (Lipinski definition) is 2. The second kappa shape index (κ2) is 5.86. The maximum absolute atomic E-state index is 3.83. The maximum atomic E-state index is 3.83. The largest absolute Gasteiger partial charge is 0.315 e. The van der Waals surface area contributed by atoms with Gasteiger partial charge in [-0.1, -0.05) is 19.3 Å². The van der Waals surface area contributed by atoms with E-state index in [1.54, 1.807) is 0 Å². The fourth-order valence-corrected chi connectivity index (χ4v) is 3.14. The summed E-state index contributed by atoms with van der Waals surface area (Å²) in [5, 5.41) is 7.31. The van der Waals surface area contributed by atoms with Gasteiger partial charge < -0.3 is 10.6 Å². The molecule has 0 bridgehead atoms. The van der Waals surface area contributed by atoms with E-state index in [2.05, 4.69) is 17.6 Å². The van der Waals surface area contributed by atoms with E-state index < -0.39 is 0 Å². The highest BCUT2D eigenvalue weighted by Crippen LogP contribution is 2.26. The number of nitrogens with one attached hydrogen (secondary N) is 2. The van der Waals surface area contributed by atoms with Gasteiger partial charge in [-0.25, -0.2) is 0 Å². The van der Waals surface area contributed by atoms with E-state index in [4.69, 9.17) is 0 Å². The topological polar surface area (TPSA) is 24.1 Å². The van der Waals surface area contributed by atoms with Crippen molar-refractivity contribution in [1.82, 2.24) is 10.6 Å². The third-order valence-electron chi connectivity index (χ3n) is 4.15. The Hall–Kier alpha value is -0.0800. The lowest BCUT2D eigenvalue weighted by molar-refractivity contribution is 0.248. The summed E-state index contributed by atoms with van der Waals surface area (Å²) in [6.45, 7) is 4.79. The molecule has 15 heavy (non-hydrogen) atoms. The minimum Gasteiger partial charge on any atom is -0.315 e. The van der Waals surface area contributed by atoms with Crippen molar-refractivity contribution in [3.8, 4) is 0 Å². The Morgan fingerprint density at radius 1 is 1.07 bits per heavy atom. The highest BCUT2D eigenvalue weighted by Gasteiger charge is 2.22. The second-order valence-corrected chi connectivity index (χ2v) is 5.40. The fourth-order valence-electron chi connectivity index (χ4n) is 3.14. The molecule has 1 unspecified atom stereocenters. The Labute approximate surface area is 94.2 Å². The zero-order chi connectivity index (χ0) is 10.5. The second-order valence-electron chi connectivity index (χ2n) is 5.40. The summed E-state index contributed by atoms with van der Waals surface area (Å²) in [7, 11) is 0. The summed E-state index contributed by atoms with van der Waals surface area (Å²) < 4.78 is 0. The quantitative estimate of drug-likeness (QED) is 0.747. The van der Waals surface area contributed by atoms with Crippen molar-refractivity contribution < 1.29 is 0 Å². The van der Waals surface area contributed by atoms with Crippen LogP contribution in [0.5, 0.6) is 0 Å². The predicted octanol–water partition coefficient (Wildman–Crippen LogP) is 2.30. The van der Waals surface area contributed by atoms with E-state index in [0.717, 1.165) is 18.0 Å². The molecule has 2 atom stereocenters. The van der Waals surface area contributed by atoms with Crippen molar-refractivity contribution in [3.05, 3.63) is 0 Å². The van der Waals surface area contributed by atoms with Crippen LogP contribution >= 0.6 is 0 Å². The molecule has 0 spiro atoms. The van der Waals surface area contributed by atoms with Crippen molar-refractivity contribution in [3.63, 3.8) is 0 Å². The molecule has 1 heterocycles. The van der Waals surface area contributed by atoms with Crippen LogP contribution < -0.4 is 10.6 Å². The van der Waals surface area contributed by atoms with Crippen LogP contribution in [0.3, 0.4) is 0 Å². The molecule has 2 aliphatic rings. The third-order valence-corrected chi connectivity index (χ3v) is 4.15. The Morgan fingerprint density at radius 2 is 1.87 bits per heavy atom. The zero-order valence-electron chi connectivity index (χ0n) is 10.1. The first-order chi connectivity index (χ1) is 7.36. The van der Waals surface area contributed by atoms with E-state index in [0.29, 0.717) is 0 Å². The standard InChI is InChI=1S/C13H26N2/c1-11(12-6-3-2-4-7-12)15-13-8-5-9-14-10-13/h11-15H,2-10H2,1H3/t11-,13?/m1/s1. The van der Waals surface area contributed by atoms with E-state index >= 15 is 0 Å². The van der Waals surface area contributed by atoms with Gasteiger partial charge in [0.05, 0.1) is 0 Å². The van der Waals surface area contributed by atoms with Crippen molar-refractivity contribution >= 4 is 0 Å². The molecule has 0 aromatic carbocycles. The van der Waals surface area contributed by atoms with Crippen molar-refractivity contribution in [2.75, 3.05) is 13.1 Å². The molecule has 2 fully saturated rings. The van der Waals surface area contributed by atoms with E-state index in [9.17, 15) is 0 Å². The van der Waals surface area contributed by atoms with Crippen molar-refractivity contribution in [2.24, 2.45) is 5.92 Å². The molecule has 1 aliphatic carbocycles. The van der Waals surface area contributed by atoms with Gasteiger partial charge in [0.15, 0.2) is 0 Å². The minimum atomic E-state index is 0.732. The number of piperidine rings is 1. The molecular weight excluding hydrogens is 184 g/mol. The molecule has 2 N–H and O–H groups in total. The minimum absolute atomic E-state index is 0.732. The zero-order valence-corrected chi connectivity index (χ0v) is 10.1. The summed E-state index contributed by atoms with van der Waals surface area (Å²) in [5.74, 6) is 0.945. The summed E-state index contributed by atoms with van der Waals surface area (Å²) in [6.07, 6.45) is 10.00. The van der Waals surface area contributed by atoms with Gasteiger partial charge in [-0.2, -0.15) is 0 Å². The third kappa shape index (κ3) is 3.46. The van der Waals surface area contributed by atoms with E-state index in [1.807, 2.05) is 0 Å². The van der Waals surface area contributed by atoms with Gasteiger partial charge in [-0.3, -0.25) is 0 Å². The van der Waals surface area contributed by atoms with Gasteiger partial charge in [0.1, 0.15) is 0 Å². The van der Waals surface area contributed by atoms with Crippen molar-refractivity contribution in [2.45, 2.75) is 64.0 Å². The predicted molar refractivity (Wildman–Crippen MR) is 65.1 cm³/mol. The molecule has 2 nitrogen and oxygen atoms in total. The Bertz CT molecular complexity index is 169. The van der Waals surface area contributed by atoms with Crippen LogP contribution in [0.25, 0.3) is 0 Å². The van der Waals surface area contributed by atoms with Gasteiger partial charge in [-0.15, -0.1) is 0 Å². The summed E-state index contributed by atoms with van der Waals surface area (Å²) in [6, 6.07) is 1.46. The van der Waals surface area contributed by atoms with Gasteiger partial charge in [0.25, 0.3) is 0 Å².